The Labute approximate surface area is 117 Å². The summed E-state index contributed by atoms with van der Waals surface area (Å²) in [6.45, 7) is 4.56. The number of carboxylic acid groups (broad SMARTS) is 1. The molecule has 0 aromatic heterocycles. The second-order valence-corrected chi connectivity index (χ2v) is 5.62. The molecule has 1 fully saturated rings. The first-order valence-electron chi connectivity index (χ1n) is 6.66. The van der Waals surface area contributed by atoms with Gasteiger partial charge in [-0.15, -0.1) is 0 Å². The number of carbonyl (C=O) groups excluding carboxylic acids is 1. The first kappa shape index (κ1) is 14.5. The summed E-state index contributed by atoms with van der Waals surface area (Å²) in [6.07, 6.45) is 1.46. The highest BCUT2D eigenvalue weighted by Crippen LogP contribution is 2.24. The molecule has 0 radical (unpaired) electrons. The minimum atomic E-state index is -1.09. The van der Waals surface area contributed by atoms with Gasteiger partial charge in [0.2, 0.25) is 0 Å². The maximum Gasteiger partial charge on any atom is 0.336 e. The van der Waals surface area contributed by atoms with Gasteiger partial charge in [0, 0.05) is 12.6 Å². The lowest BCUT2D eigenvalue weighted by Crippen LogP contribution is -2.46. The van der Waals surface area contributed by atoms with Crippen LogP contribution in [0.15, 0.2) is 24.3 Å². The van der Waals surface area contributed by atoms with Gasteiger partial charge in [-0.1, -0.05) is 12.1 Å². The fraction of sp³-hybridized carbons (Fsp3) is 0.467. The first-order valence-corrected chi connectivity index (χ1v) is 6.66. The minimum absolute atomic E-state index is 0.00750. The van der Waals surface area contributed by atoms with Crippen LogP contribution < -0.4 is 5.32 Å². The SMILES string of the molecule is CC1(C)CC(NC(=O)c2ccccc2C(=O)O)CCO1. The van der Waals surface area contributed by atoms with Gasteiger partial charge in [0.1, 0.15) is 0 Å². The van der Waals surface area contributed by atoms with Crippen LogP contribution in [-0.2, 0) is 4.74 Å². The fourth-order valence-electron chi connectivity index (χ4n) is 2.49. The molecule has 1 aromatic carbocycles. The molecule has 0 aliphatic carbocycles. The Morgan fingerprint density at radius 2 is 1.95 bits per heavy atom. The van der Waals surface area contributed by atoms with Crippen molar-refractivity contribution in [2.24, 2.45) is 0 Å². The average Bonchev–Trinajstić information content (AvgIpc) is 2.37. The van der Waals surface area contributed by atoms with Crippen molar-refractivity contribution in [2.45, 2.75) is 38.3 Å². The number of nitrogens with one attached hydrogen (secondary N) is 1. The summed E-state index contributed by atoms with van der Waals surface area (Å²) < 4.78 is 5.60. The van der Waals surface area contributed by atoms with Gasteiger partial charge in [0.25, 0.3) is 5.91 Å². The molecule has 0 bridgehead atoms. The van der Waals surface area contributed by atoms with Crippen LogP contribution in [0.1, 0.15) is 47.4 Å². The zero-order valence-electron chi connectivity index (χ0n) is 11.7. The predicted molar refractivity (Wildman–Crippen MR) is 73.9 cm³/mol. The van der Waals surface area contributed by atoms with Crippen molar-refractivity contribution in [1.29, 1.82) is 0 Å². The third-order valence-electron chi connectivity index (χ3n) is 3.43. The number of rotatable bonds is 3. The number of hydrogen-bond donors (Lipinski definition) is 2. The topological polar surface area (TPSA) is 75.6 Å². The van der Waals surface area contributed by atoms with Crippen LogP contribution in [0.25, 0.3) is 0 Å². The largest absolute Gasteiger partial charge is 0.478 e. The first-order chi connectivity index (χ1) is 9.39. The van der Waals surface area contributed by atoms with Crippen LogP contribution in [0.3, 0.4) is 0 Å². The highest BCUT2D eigenvalue weighted by molar-refractivity contribution is 6.04. The molecule has 1 aliphatic rings. The van der Waals surface area contributed by atoms with Crippen molar-refractivity contribution >= 4 is 11.9 Å². The molecule has 5 heteroatoms. The van der Waals surface area contributed by atoms with Crippen molar-refractivity contribution in [3.8, 4) is 0 Å². The van der Waals surface area contributed by atoms with E-state index in [0.717, 1.165) is 6.42 Å². The molecule has 108 valence electrons. The Hall–Kier alpha value is -1.88. The van der Waals surface area contributed by atoms with Crippen LogP contribution in [0, 0.1) is 0 Å². The third-order valence-corrected chi connectivity index (χ3v) is 3.43. The van der Waals surface area contributed by atoms with Crippen LogP contribution in [0.2, 0.25) is 0 Å². The second kappa shape index (κ2) is 5.63. The van der Waals surface area contributed by atoms with Gasteiger partial charge < -0.3 is 15.2 Å². The molecule has 1 heterocycles. The predicted octanol–water partition coefficient (Wildman–Crippen LogP) is 2.07. The molecule has 1 unspecified atom stereocenters. The molecule has 5 nitrogen and oxygen atoms in total. The molecular formula is C15H19NO4. The number of carbonyl (C=O) groups is 2. The van der Waals surface area contributed by atoms with Crippen molar-refractivity contribution in [2.75, 3.05) is 6.61 Å². The number of amides is 1. The summed E-state index contributed by atoms with van der Waals surface area (Å²) in [5.74, 6) is -1.44. The second-order valence-electron chi connectivity index (χ2n) is 5.62. The van der Waals surface area contributed by atoms with E-state index in [4.69, 9.17) is 9.84 Å². The Balaban J connectivity index is 2.11. The number of aromatic carboxylic acids is 1. The molecule has 0 spiro atoms. The summed E-state index contributed by atoms with van der Waals surface area (Å²) in [7, 11) is 0. The van der Waals surface area contributed by atoms with Gasteiger partial charge in [-0.2, -0.15) is 0 Å². The average molecular weight is 277 g/mol. The monoisotopic (exact) mass is 277 g/mol. The summed E-state index contributed by atoms with van der Waals surface area (Å²) >= 11 is 0. The van der Waals surface area contributed by atoms with E-state index < -0.39 is 5.97 Å². The quantitative estimate of drug-likeness (QED) is 0.887. The third kappa shape index (κ3) is 3.36. The number of carboxylic acids is 1. The van der Waals surface area contributed by atoms with Gasteiger partial charge in [-0.05, 0) is 38.8 Å². The zero-order chi connectivity index (χ0) is 14.8. The molecular weight excluding hydrogens is 258 g/mol. The highest BCUT2D eigenvalue weighted by atomic mass is 16.5. The molecule has 2 N–H and O–H groups in total. The van der Waals surface area contributed by atoms with E-state index in [1.165, 1.54) is 12.1 Å². The van der Waals surface area contributed by atoms with E-state index in [2.05, 4.69) is 5.32 Å². The lowest BCUT2D eigenvalue weighted by molar-refractivity contribution is -0.0615. The Morgan fingerprint density at radius 3 is 2.55 bits per heavy atom. The lowest BCUT2D eigenvalue weighted by Gasteiger charge is -2.35. The van der Waals surface area contributed by atoms with E-state index in [-0.39, 0.29) is 28.7 Å². The van der Waals surface area contributed by atoms with E-state index in [1.807, 2.05) is 13.8 Å². The summed E-state index contributed by atoms with van der Waals surface area (Å²) in [5.41, 5.74) is -0.0386. The molecule has 1 atom stereocenters. The fourth-order valence-corrected chi connectivity index (χ4v) is 2.49. The molecule has 0 saturated carbocycles. The Morgan fingerprint density at radius 1 is 1.30 bits per heavy atom. The summed E-state index contributed by atoms with van der Waals surface area (Å²) in [4.78, 5) is 23.4. The van der Waals surface area contributed by atoms with E-state index >= 15 is 0 Å². The summed E-state index contributed by atoms with van der Waals surface area (Å²) in [5, 5.41) is 12.0. The van der Waals surface area contributed by atoms with Crippen molar-refractivity contribution in [3.63, 3.8) is 0 Å². The zero-order valence-corrected chi connectivity index (χ0v) is 11.7. The number of hydrogen-bond acceptors (Lipinski definition) is 3. The molecule has 2 rings (SSSR count). The molecule has 1 aromatic rings. The van der Waals surface area contributed by atoms with E-state index in [0.29, 0.717) is 13.0 Å². The van der Waals surface area contributed by atoms with Gasteiger partial charge in [0.05, 0.1) is 16.7 Å². The molecule has 1 amide bonds. The maximum absolute atomic E-state index is 12.2. The van der Waals surface area contributed by atoms with Crippen LogP contribution in [0.4, 0.5) is 0 Å². The Bertz CT molecular complexity index is 524. The smallest absolute Gasteiger partial charge is 0.336 e. The number of ether oxygens (including phenoxy) is 1. The van der Waals surface area contributed by atoms with Crippen LogP contribution in [-0.4, -0.2) is 35.2 Å². The molecule has 1 aliphatic heterocycles. The van der Waals surface area contributed by atoms with Gasteiger partial charge in [-0.25, -0.2) is 4.79 Å². The van der Waals surface area contributed by atoms with E-state index in [1.54, 1.807) is 12.1 Å². The van der Waals surface area contributed by atoms with E-state index in [9.17, 15) is 9.59 Å². The summed E-state index contributed by atoms with van der Waals surface area (Å²) in [6, 6.07) is 6.25. The van der Waals surface area contributed by atoms with Crippen molar-refractivity contribution in [3.05, 3.63) is 35.4 Å². The van der Waals surface area contributed by atoms with Crippen LogP contribution in [0.5, 0.6) is 0 Å². The normalized spacial score (nSPS) is 21.2. The molecule has 1 saturated heterocycles. The minimum Gasteiger partial charge on any atom is -0.478 e. The standard InChI is InChI=1S/C15H19NO4/c1-15(2)9-10(7-8-20-15)16-13(17)11-5-3-4-6-12(11)14(18)19/h3-6,10H,7-9H2,1-2H3,(H,16,17)(H,18,19). The highest BCUT2D eigenvalue weighted by Gasteiger charge is 2.30. The van der Waals surface area contributed by atoms with Gasteiger partial charge in [0.15, 0.2) is 0 Å². The maximum atomic E-state index is 12.2. The lowest BCUT2D eigenvalue weighted by atomic mass is 9.93. The van der Waals surface area contributed by atoms with Crippen molar-refractivity contribution < 1.29 is 19.4 Å². The molecule has 20 heavy (non-hydrogen) atoms. The van der Waals surface area contributed by atoms with Crippen LogP contribution >= 0.6 is 0 Å². The van der Waals surface area contributed by atoms with Crippen molar-refractivity contribution in [1.82, 2.24) is 5.32 Å². The van der Waals surface area contributed by atoms with Gasteiger partial charge >= 0.3 is 5.97 Å². The van der Waals surface area contributed by atoms with Gasteiger partial charge in [-0.3, -0.25) is 4.79 Å². The Kier molecular flexibility index (Phi) is 4.09. The number of benzene rings is 1.